The van der Waals surface area contributed by atoms with Gasteiger partial charge in [0.05, 0.1) is 6.20 Å². The zero-order valence-corrected chi connectivity index (χ0v) is 12.9. The van der Waals surface area contributed by atoms with Gasteiger partial charge in [0.1, 0.15) is 23.0 Å². The predicted molar refractivity (Wildman–Crippen MR) is 85.3 cm³/mol. The number of carbonyl (C=O) groups excluding carboxylic acids is 1. The lowest BCUT2D eigenvalue weighted by molar-refractivity contribution is 0.0955. The van der Waals surface area contributed by atoms with Crippen molar-refractivity contribution in [1.82, 2.24) is 19.9 Å². The summed E-state index contributed by atoms with van der Waals surface area (Å²) in [6.45, 7) is 2.51. The summed E-state index contributed by atoms with van der Waals surface area (Å²) in [6.07, 6.45) is 3.85. The van der Waals surface area contributed by atoms with E-state index in [4.69, 9.17) is 0 Å². The van der Waals surface area contributed by atoms with Gasteiger partial charge in [-0.05, 0) is 24.6 Å². The van der Waals surface area contributed by atoms with Crippen LogP contribution >= 0.6 is 0 Å². The van der Waals surface area contributed by atoms with Gasteiger partial charge in [-0.3, -0.25) is 4.79 Å². The summed E-state index contributed by atoms with van der Waals surface area (Å²) in [7, 11) is 0. The van der Waals surface area contributed by atoms with Crippen molar-refractivity contribution in [2.75, 3.05) is 11.9 Å². The molecule has 2 heterocycles. The number of benzene rings is 1. The van der Waals surface area contributed by atoms with Crippen LogP contribution < -0.4 is 10.6 Å². The largest absolute Gasteiger partial charge is 0.352 e. The van der Waals surface area contributed by atoms with E-state index in [1.165, 1.54) is 10.7 Å². The Morgan fingerprint density at radius 2 is 2.00 bits per heavy atom. The van der Waals surface area contributed by atoms with Gasteiger partial charge < -0.3 is 10.6 Å². The SMILES string of the molecule is CCCNC(=O)c1cnn2ccc(Nc3cc(F)cc(F)c3)nc12. The Labute approximate surface area is 136 Å². The second-order valence-electron chi connectivity index (χ2n) is 5.18. The molecule has 2 N–H and O–H groups in total. The smallest absolute Gasteiger partial charge is 0.256 e. The van der Waals surface area contributed by atoms with E-state index in [0.717, 1.165) is 24.6 Å². The topological polar surface area (TPSA) is 71.3 Å². The molecular formula is C16H15F2N5O. The molecule has 0 unspecified atom stereocenters. The molecular weight excluding hydrogens is 316 g/mol. The Morgan fingerprint density at radius 1 is 1.25 bits per heavy atom. The molecule has 3 rings (SSSR count). The number of nitrogens with one attached hydrogen (secondary N) is 2. The molecule has 0 aliphatic carbocycles. The van der Waals surface area contributed by atoms with Gasteiger partial charge in [-0.15, -0.1) is 0 Å². The molecule has 6 nitrogen and oxygen atoms in total. The van der Waals surface area contributed by atoms with Crippen LogP contribution in [0, 0.1) is 11.6 Å². The van der Waals surface area contributed by atoms with Gasteiger partial charge in [0.25, 0.3) is 5.91 Å². The Morgan fingerprint density at radius 3 is 2.71 bits per heavy atom. The number of hydrogen-bond acceptors (Lipinski definition) is 4. The first-order valence-electron chi connectivity index (χ1n) is 7.42. The molecule has 24 heavy (non-hydrogen) atoms. The quantitative estimate of drug-likeness (QED) is 0.754. The van der Waals surface area contributed by atoms with Gasteiger partial charge in [0, 0.05) is 24.5 Å². The molecule has 0 atom stereocenters. The lowest BCUT2D eigenvalue weighted by Crippen LogP contribution is -2.23. The van der Waals surface area contributed by atoms with Crippen LogP contribution in [0.15, 0.2) is 36.7 Å². The molecule has 0 bridgehead atoms. The van der Waals surface area contributed by atoms with E-state index in [0.29, 0.717) is 23.6 Å². The average molecular weight is 331 g/mol. The molecule has 0 saturated carbocycles. The third kappa shape index (κ3) is 3.32. The van der Waals surface area contributed by atoms with Crippen LogP contribution in [0.5, 0.6) is 0 Å². The van der Waals surface area contributed by atoms with Gasteiger partial charge in [0.15, 0.2) is 5.65 Å². The highest BCUT2D eigenvalue weighted by atomic mass is 19.1. The first-order chi connectivity index (χ1) is 11.6. The molecule has 1 amide bonds. The highest BCUT2D eigenvalue weighted by Crippen LogP contribution is 2.19. The summed E-state index contributed by atoms with van der Waals surface area (Å²) in [4.78, 5) is 16.4. The Hall–Kier alpha value is -3.03. The second kappa shape index (κ2) is 6.61. The first kappa shape index (κ1) is 15.9. The molecule has 0 radical (unpaired) electrons. The summed E-state index contributed by atoms with van der Waals surface area (Å²) in [5, 5.41) is 9.64. The zero-order valence-electron chi connectivity index (χ0n) is 12.9. The van der Waals surface area contributed by atoms with E-state index in [1.54, 1.807) is 12.3 Å². The molecule has 8 heteroatoms. The van der Waals surface area contributed by atoms with Crippen LogP contribution in [0.1, 0.15) is 23.7 Å². The van der Waals surface area contributed by atoms with E-state index in [-0.39, 0.29) is 11.6 Å². The van der Waals surface area contributed by atoms with Gasteiger partial charge in [-0.2, -0.15) is 5.10 Å². The van der Waals surface area contributed by atoms with Crippen LogP contribution in [-0.4, -0.2) is 27.0 Å². The van der Waals surface area contributed by atoms with Gasteiger partial charge in [-0.25, -0.2) is 18.3 Å². The standard InChI is InChI=1S/C16H15F2N5O/c1-2-4-19-16(24)13-9-20-23-5-3-14(22-15(13)23)21-12-7-10(17)6-11(18)8-12/h3,5-9H,2,4H2,1H3,(H,19,24)(H,21,22). The number of hydrogen-bond donors (Lipinski definition) is 2. The summed E-state index contributed by atoms with van der Waals surface area (Å²) in [6, 6.07) is 4.69. The summed E-state index contributed by atoms with van der Waals surface area (Å²) >= 11 is 0. The van der Waals surface area contributed by atoms with Crippen LogP contribution in [0.2, 0.25) is 0 Å². The lowest BCUT2D eigenvalue weighted by atomic mass is 10.3. The van der Waals surface area contributed by atoms with Gasteiger partial charge in [0.2, 0.25) is 0 Å². The van der Waals surface area contributed by atoms with Gasteiger partial charge in [-0.1, -0.05) is 6.92 Å². The molecule has 2 aromatic heterocycles. The average Bonchev–Trinajstić information content (AvgIpc) is 2.95. The van der Waals surface area contributed by atoms with Crippen molar-refractivity contribution < 1.29 is 13.6 Å². The van der Waals surface area contributed by atoms with Crippen LogP contribution in [0.4, 0.5) is 20.3 Å². The second-order valence-corrected chi connectivity index (χ2v) is 5.18. The van der Waals surface area contributed by atoms with E-state index < -0.39 is 11.6 Å². The van der Waals surface area contributed by atoms with Crippen molar-refractivity contribution >= 4 is 23.1 Å². The first-order valence-corrected chi connectivity index (χ1v) is 7.42. The number of anilines is 2. The van der Waals surface area contributed by atoms with E-state index in [9.17, 15) is 13.6 Å². The summed E-state index contributed by atoms with van der Waals surface area (Å²) < 4.78 is 28.0. The number of rotatable bonds is 5. The maximum atomic E-state index is 13.3. The molecule has 0 saturated heterocycles. The number of carbonyl (C=O) groups is 1. The molecule has 124 valence electrons. The van der Waals surface area contributed by atoms with E-state index in [1.807, 2.05) is 6.92 Å². The zero-order chi connectivity index (χ0) is 17.1. The highest BCUT2D eigenvalue weighted by molar-refractivity contribution is 5.99. The molecule has 3 aromatic rings. The Balaban J connectivity index is 1.91. The van der Waals surface area contributed by atoms with Gasteiger partial charge >= 0.3 is 0 Å². The number of aromatic nitrogens is 3. The van der Waals surface area contributed by atoms with Crippen molar-refractivity contribution in [1.29, 1.82) is 0 Å². The third-order valence-corrected chi connectivity index (χ3v) is 3.28. The molecule has 0 fully saturated rings. The number of fused-ring (bicyclic) bond motifs is 1. The molecule has 0 aliphatic rings. The summed E-state index contributed by atoms with van der Waals surface area (Å²) in [5.74, 6) is -1.31. The monoisotopic (exact) mass is 331 g/mol. The number of halogens is 2. The fourth-order valence-corrected chi connectivity index (χ4v) is 2.21. The summed E-state index contributed by atoms with van der Waals surface area (Å²) in [5.41, 5.74) is 0.906. The predicted octanol–water partition coefficient (Wildman–Crippen LogP) is 2.89. The maximum absolute atomic E-state index is 13.3. The van der Waals surface area contributed by atoms with Crippen molar-refractivity contribution in [3.8, 4) is 0 Å². The number of nitrogens with zero attached hydrogens (tertiary/aromatic N) is 3. The maximum Gasteiger partial charge on any atom is 0.256 e. The highest BCUT2D eigenvalue weighted by Gasteiger charge is 2.14. The normalized spacial score (nSPS) is 10.8. The minimum Gasteiger partial charge on any atom is -0.352 e. The van der Waals surface area contributed by atoms with E-state index >= 15 is 0 Å². The lowest BCUT2D eigenvalue weighted by Gasteiger charge is -2.07. The van der Waals surface area contributed by atoms with Crippen molar-refractivity contribution in [2.24, 2.45) is 0 Å². The van der Waals surface area contributed by atoms with Crippen LogP contribution in [0.25, 0.3) is 5.65 Å². The minimum absolute atomic E-state index is 0.223. The number of amides is 1. The Bertz CT molecular complexity index is 873. The van der Waals surface area contributed by atoms with Crippen LogP contribution in [0.3, 0.4) is 0 Å². The minimum atomic E-state index is -0.692. The van der Waals surface area contributed by atoms with E-state index in [2.05, 4.69) is 20.7 Å². The molecule has 0 spiro atoms. The van der Waals surface area contributed by atoms with Crippen LogP contribution in [-0.2, 0) is 0 Å². The third-order valence-electron chi connectivity index (χ3n) is 3.28. The fourth-order valence-electron chi connectivity index (χ4n) is 2.21. The fraction of sp³-hybridized carbons (Fsp3) is 0.188. The van der Waals surface area contributed by atoms with Crippen molar-refractivity contribution in [2.45, 2.75) is 13.3 Å². The Kier molecular flexibility index (Phi) is 4.37. The molecule has 0 aliphatic heterocycles. The molecule has 1 aromatic carbocycles. The van der Waals surface area contributed by atoms with Crippen molar-refractivity contribution in [3.05, 3.63) is 53.9 Å². The van der Waals surface area contributed by atoms with Crippen molar-refractivity contribution in [3.63, 3.8) is 0 Å².